The van der Waals surface area contributed by atoms with E-state index in [1.165, 1.54) is 66.4 Å². The van der Waals surface area contributed by atoms with Gasteiger partial charge in [0.15, 0.2) is 5.84 Å². The van der Waals surface area contributed by atoms with Gasteiger partial charge in [-0.15, -0.1) is 0 Å². The number of nitrogens with zero attached hydrogens (tertiary/aromatic N) is 2. The maximum atomic E-state index is 5.18. The van der Waals surface area contributed by atoms with E-state index in [4.69, 9.17) is 9.98 Å². The molecule has 0 radical (unpaired) electrons. The summed E-state index contributed by atoms with van der Waals surface area (Å²) in [5.41, 5.74) is 17.7. The zero-order chi connectivity index (χ0) is 43.2. The van der Waals surface area contributed by atoms with Crippen molar-refractivity contribution in [3.05, 3.63) is 281 Å². The molecule has 1 unspecified atom stereocenters. The molecule has 9 aromatic rings. The minimum atomic E-state index is -0.566. The van der Waals surface area contributed by atoms with Crippen LogP contribution >= 0.6 is 0 Å². The van der Waals surface area contributed by atoms with Gasteiger partial charge in [0.05, 0.1) is 5.41 Å². The Balaban J connectivity index is 1.01. The number of rotatable bonds is 8. The summed E-state index contributed by atoms with van der Waals surface area (Å²) in [6, 6.07) is 79.5. The zero-order valence-electron chi connectivity index (χ0n) is 35.9. The monoisotopic (exact) mass is 831 g/mol. The van der Waals surface area contributed by atoms with Crippen LogP contribution in [0.25, 0.3) is 49.7 Å². The molecule has 1 aliphatic heterocycles. The summed E-state index contributed by atoms with van der Waals surface area (Å²) in [6.07, 6.45) is 8.61. The molecule has 3 heteroatoms. The highest BCUT2D eigenvalue weighted by atomic mass is 15.2. The fourth-order valence-corrected chi connectivity index (χ4v) is 10.5. The largest absolute Gasteiger partial charge is 0.344 e. The number of hydrogen-bond acceptors (Lipinski definition) is 3. The Kier molecular flexibility index (Phi) is 9.60. The smallest absolute Gasteiger partial charge is 0.159 e. The molecule has 0 saturated heterocycles. The summed E-state index contributed by atoms with van der Waals surface area (Å²) in [7, 11) is 0. The lowest BCUT2D eigenvalue weighted by Gasteiger charge is -2.35. The first kappa shape index (κ1) is 38.5. The van der Waals surface area contributed by atoms with Crippen molar-refractivity contribution in [3.8, 4) is 33.4 Å². The summed E-state index contributed by atoms with van der Waals surface area (Å²) < 4.78 is 0. The van der Waals surface area contributed by atoms with Crippen molar-refractivity contribution in [3.63, 3.8) is 0 Å². The molecule has 1 heterocycles. The third-order valence-electron chi connectivity index (χ3n) is 13.4. The molecule has 9 aromatic carbocycles. The van der Waals surface area contributed by atoms with E-state index < -0.39 is 5.41 Å². The molecular formula is C62H45N3. The molecule has 1 atom stereocenters. The van der Waals surface area contributed by atoms with Crippen LogP contribution in [0.3, 0.4) is 0 Å². The van der Waals surface area contributed by atoms with Crippen LogP contribution in [0.2, 0.25) is 0 Å². The van der Waals surface area contributed by atoms with Crippen LogP contribution in [0.5, 0.6) is 0 Å². The number of benzene rings is 9. The van der Waals surface area contributed by atoms with Crippen LogP contribution < -0.4 is 5.32 Å². The maximum absolute atomic E-state index is 5.18. The third-order valence-corrected chi connectivity index (χ3v) is 13.4. The van der Waals surface area contributed by atoms with Gasteiger partial charge >= 0.3 is 0 Å². The van der Waals surface area contributed by atoms with Crippen LogP contribution in [-0.4, -0.2) is 11.7 Å². The topological polar surface area (TPSA) is 36.8 Å². The predicted molar refractivity (Wildman–Crippen MR) is 270 cm³/mol. The fourth-order valence-electron chi connectivity index (χ4n) is 10.5. The molecule has 0 fully saturated rings. The van der Waals surface area contributed by atoms with Crippen molar-refractivity contribution in [2.75, 3.05) is 0 Å². The summed E-state index contributed by atoms with van der Waals surface area (Å²) in [6.45, 7) is 0. The van der Waals surface area contributed by atoms with Crippen LogP contribution in [0.15, 0.2) is 247 Å². The zero-order valence-corrected chi connectivity index (χ0v) is 35.9. The van der Waals surface area contributed by atoms with Gasteiger partial charge in [0.25, 0.3) is 0 Å². The first-order valence-corrected chi connectivity index (χ1v) is 22.7. The van der Waals surface area contributed by atoms with Crippen LogP contribution in [0, 0.1) is 0 Å². The Bertz CT molecular complexity index is 3340. The molecule has 0 amide bonds. The second kappa shape index (κ2) is 16.2. The standard InChI is InChI=1S/C62H45N3/c1-6-20-42(21-7-1)55-40-49-26-16-17-35-53(49)58-57(55)54-37-36-48(41-56(54)62(58,51-31-12-4-13-32-51)52-33-14-5-15-34-52)46-28-18-27-45(38-46)47-29-19-30-50(39-47)61-64-59(43-22-8-2-9-23-43)63-60(65-61)44-24-10-3-11-25-44/h1-6,8-20,22-41,61H,7,21H2,(H,63,64,65). The Morgan fingerprint density at radius 3 is 1.78 bits per heavy atom. The molecule has 65 heavy (non-hydrogen) atoms. The number of allylic oxidation sites excluding steroid dienone is 4. The van der Waals surface area contributed by atoms with Crippen molar-refractivity contribution < 1.29 is 0 Å². The van der Waals surface area contributed by atoms with E-state index in [0.29, 0.717) is 5.84 Å². The van der Waals surface area contributed by atoms with Crippen molar-refractivity contribution >= 4 is 28.0 Å². The number of aliphatic imine (C=N–C) groups is 2. The van der Waals surface area contributed by atoms with E-state index in [-0.39, 0.29) is 6.17 Å². The minimum absolute atomic E-state index is 0.315. The molecule has 0 saturated carbocycles. The van der Waals surface area contributed by atoms with E-state index in [2.05, 4.69) is 206 Å². The normalized spacial score (nSPS) is 15.9. The van der Waals surface area contributed by atoms with E-state index in [1.807, 2.05) is 36.4 Å². The van der Waals surface area contributed by atoms with E-state index in [9.17, 15) is 0 Å². The molecule has 3 nitrogen and oxygen atoms in total. The Hall–Kier alpha value is -8.14. The maximum Gasteiger partial charge on any atom is 0.159 e. The van der Waals surface area contributed by atoms with Crippen molar-refractivity contribution in [1.29, 1.82) is 0 Å². The van der Waals surface area contributed by atoms with Crippen molar-refractivity contribution in [2.45, 2.75) is 24.4 Å². The number of hydrogen-bond donors (Lipinski definition) is 1. The first-order chi connectivity index (χ1) is 32.2. The average Bonchev–Trinajstić information content (AvgIpc) is 3.71. The highest BCUT2D eigenvalue weighted by Gasteiger charge is 2.48. The predicted octanol–water partition coefficient (Wildman–Crippen LogP) is 14.8. The molecule has 3 aliphatic rings. The lowest BCUT2D eigenvalue weighted by Crippen LogP contribution is -2.33. The van der Waals surface area contributed by atoms with Crippen LogP contribution in [-0.2, 0) is 5.41 Å². The van der Waals surface area contributed by atoms with Crippen molar-refractivity contribution in [2.24, 2.45) is 9.98 Å². The van der Waals surface area contributed by atoms with Gasteiger partial charge in [0.2, 0.25) is 0 Å². The molecule has 12 rings (SSSR count). The van der Waals surface area contributed by atoms with E-state index in [1.54, 1.807) is 0 Å². The average molecular weight is 832 g/mol. The third kappa shape index (κ3) is 6.67. The summed E-state index contributed by atoms with van der Waals surface area (Å²) in [5, 5.41) is 6.22. The molecule has 0 spiro atoms. The Morgan fingerprint density at radius 2 is 1.09 bits per heavy atom. The summed E-state index contributed by atoms with van der Waals surface area (Å²) in [4.78, 5) is 10.2. The second-order valence-electron chi connectivity index (χ2n) is 17.2. The Labute approximate surface area is 380 Å². The van der Waals surface area contributed by atoms with E-state index in [0.717, 1.165) is 46.5 Å². The SMILES string of the molecule is C1=CCCC(c2cc3ccccc3c3c2-c2ccc(-c4cccc(-c5cccc(C6N=C(c7ccccc7)N=C(c7ccccc7)N6)c5)c4)cc2C3(c2ccccc2)c2ccccc2)=C1. The van der Waals surface area contributed by atoms with Gasteiger partial charge in [-0.2, -0.15) is 0 Å². The van der Waals surface area contributed by atoms with Gasteiger partial charge in [-0.25, -0.2) is 9.98 Å². The summed E-state index contributed by atoms with van der Waals surface area (Å²) in [5.74, 6) is 1.53. The number of fused-ring (bicyclic) bond motifs is 5. The lowest BCUT2D eigenvalue weighted by atomic mass is 9.66. The quantitative estimate of drug-likeness (QED) is 0.163. The second-order valence-corrected chi connectivity index (χ2v) is 17.2. The molecule has 1 N–H and O–H groups in total. The van der Waals surface area contributed by atoms with Gasteiger partial charge in [-0.05, 0) is 120 Å². The van der Waals surface area contributed by atoms with Crippen molar-refractivity contribution in [1.82, 2.24) is 5.32 Å². The van der Waals surface area contributed by atoms with Crippen LogP contribution in [0.1, 0.15) is 63.5 Å². The highest BCUT2D eigenvalue weighted by molar-refractivity contribution is 6.13. The van der Waals surface area contributed by atoms with Gasteiger partial charge < -0.3 is 5.32 Å². The van der Waals surface area contributed by atoms with Gasteiger partial charge in [-0.3, -0.25) is 0 Å². The molecule has 0 bridgehead atoms. The lowest BCUT2D eigenvalue weighted by molar-refractivity contribution is 0.674. The van der Waals surface area contributed by atoms with Gasteiger partial charge in [0.1, 0.15) is 12.0 Å². The number of nitrogens with one attached hydrogen (secondary N) is 1. The molecule has 308 valence electrons. The van der Waals surface area contributed by atoms with E-state index >= 15 is 0 Å². The summed E-state index contributed by atoms with van der Waals surface area (Å²) >= 11 is 0. The highest BCUT2D eigenvalue weighted by Crippen LogP contribution is 2.60. The Morgan fingerprint density at radius 1 is 0.492 bits per heavy atom. The van der Waals surface area contributed by atoms with Crippen LogP contribution in [0.4, 0.5) is 0 Å². The fraction of sp³-hybridized carbons (Fsp3) is 0.0645. The number of amidine groups is 2. The first-order valence-electron chi connectivity index (χ1n) is 22.7. The molecule has 2 aliphatic carbocycles. The molecule has 0 aromatic heterocycles. The van der Waals surface area contributed by atoms with Gasteiger partial charge in [-0.1, -0.05) is 212 Å². The minimum Gasteiger partial charge on any atom is -0.344 e. The van der Waals surface area contributed by atoms with Gasteiger partial charge in [0, 0.05) is 11.1 Å². The molecular weight excluding hydrogens is 787 g/mol.